The molecule has 0 saturated heterocycles. The van der Waals surface area contributed by atoms with Gasteiger partial charge in [0.05, 0.1) is 20.8 Å². The van der Waals surface area contributed by atoms with Crippen molar-refractivity contribution in [1.82, 2.24) is 4.98 Å². The van der Waals surface area contributed by atoms with E-state index in [-0.39, 0.29) is 10.0 Å². The van der Waals surface area contributed by atoms with Crippen LogP contribution < -0.4 is 5.32 Å². The van der Waals surface area contributed by atoms with Crippen LogP contribution in [0.5, 0.6) is 0 Å². The second-order valence-electron chi connectivity index (χ2n) is 4.54. The summed E-state index contributed by atoms with van der Waals surface area (Å²) in [7, 11) is 0. The highest BCUT2D eigenvalue weighted by Crippen LogP contribution is 2.34. The second kappa shape index (κ2) is 6.61. The van der Waals surface area contributed by atoms with Crippen LogP contribution in [0.2, 0.25) is 15.1 Å². The largest absolute Gasteiger partial charge is 0.331 e. The van der Waals surface area contributed by atoms with Gasteiger partial charge >= 0.3 is 0 Å². The summed E-state index contributed by atoms with van der Waals surface area (Å²) >= 11 is 18.8. The van der Waals surface area contributed by atoms with Gasteiger partial charge in [0.2, 0.25) is 0 Å². The van der Waals surface area contributed by atoms with E-state index in [0.717, 1.165) is 0 Å². The van der Waals surface area contributed by atoms with Crippen molar-refractivity contribution in [2.75, 3.05) is 5.32 Å². The van der Waals surface area contributed by atoms with Crippen molar-refractivity contribution < 1.29 is 8.78 Å². The lowest BCUT2D eigenvalue weighted by atomic mass is 10.2. The number of thiazole rings is 1. The molecular weight excluding hydrogens is 385 g/mol. The SMILES string of the molecule is Fc1ccc(Nc2nc(-c3cc(F)c(Cl)cc3Cl)cs2)cc1Cl. The molecule has 3 aromatic rings. The highest BCUT2D eigenvalue weighted by molar-refractivity contribution is 7.14. The van der Waals surface area contributed by atoms with Gasteiger partial charge in [0.15, 0.2) is 5.13 Å². The lowest BCUT2D eigenvalue weighted by Gasteiger charge is -2.04. The average Bonchev–Trinajstić information content (AvgIpc) is 2.95. The molecule has 0 spiro atoms. The minimum absolute atomic E-state index is 0.00889. The van der Waals surface area contributed by atoms with Crippen LogP contribution >= 0.6 is 46.1 Å². The van der Waals surface area contributed by atoms with Gasteiger partial charge in [0.25, 0.3) is 0 Å². The number of nitrogens with zero attached hydrogens (tertiary/aromatic N) is 1. The third-order valence-electron chi connectivity index (χ3n) is 2.96. The normalized spacial score (nSPS) is 10.8. The molecule has 1 N–H and O–H groups in total. The van der Waals surface area contributed by atoms with Crippen LogP contribution in [0.25, 0.3) is 11.3 Å². The van der Waals surface area contributed by atoms with Gasteiger partial charge in [0, 0.05) is 16.6 Å². The fraction of sp³-hybridized carbons (Fsp3) is 0. The van der Waals surface area contributed by atoms with Crippen LogP contribution in [0, 0.1) is 11.6 Å². The van der Waals surface area contributed by atoms with Crippen LogP contribution in [0.15, 0.2) is 35.7 Å². The van der Waals surface area contributed by atoms with E-state index < -0.39 is 11.6 Å². The summed E-state index contributed by atoms with van der Waals surface area (Å²) in [5, 5.41) is 5.53. The van der Waals surface area contributed by atoms with Crippen LogP contribution in [-0.4, -0.2) is 4.98 Å². The summed E-state index contributed by atoms with van der Waals surface area (Å²) in [6.07, 6.45) is 0. The van der Waals surface area contributed by atoms with E-state index in [9.17, 15) is 8.78 Å². The molecule has 0 atom stereocenters. The molecule has 23 heavy (non-hydrogen) atoms. The molecule has 0 aliphatic rings. The van der Waals surface area contributed by atoms with Crippen molar-refractivity contribution >= 4 is 57.0 Å². The molecule has 0 fully saturated rings. The van der Waals surface area contributed by atoms with E-state index >= 15 is 0 Å². The Morgan fingerprint density at radius 1 is 0.913 bits per heavy atom. The first-order valence-corrected chi connectivity index (χ1v) is 8.28. The van der Waals surface area contributed by atoms with Crippen molar-refractivity contribution in [3.8, 4) is 11.3 Å². The minimum Gasteiger partial charge on any atom is -0.331 e. The Bertz CT molecular complexity index is 883. The molecule has 3 rings (SSSR count). The van der Waals surface area contributed by atoms with Crippen molar-refractivity contribution in [3.63, 3.8) is 0 Å². The number of rotatable bonds is 3. The van der Waals surface area contributed by atoms with E-state index in [1.165, 1.54) is 41.7 Å². The van der Waals surface area contributed by atoms with E-state index in [2.05, 4.69) is 10.3 Å². The number of anilines is 2. The smallest absolute Gasteiger partial charge is 0.187 e. The molecule has 118 valence electrons. The zero-order valence-electron chi connectivity index (χ0n) is 11.2. The highest BCUT2D eigenvalue weighted by atomic mass is 35.5. The molecule has 1 aromatic heterocycles. The van der Waals surface area contributed by atoms with Crippen LogP contribution in [0.4, 0.5) is 19.6 Å². The first-order chi connectivity index (χ1) is 10.9. The van der Waals surface area contributed by atoms with Crippen molar-refractivity contribution in [1.29, 1.82) is 0 Å². The predicted octanol–water partition coefficient (Wildman–Crippen LogP) is 6.79. The van der Waals surface area contributed by atoms with Gasteiger partial charge in [-0.25, -0.2) is 13.8 Å². The number of nitrogens with one attached hydrogen (secondary N) is 1. The van der Waals surface area contributed by atoms with Gasteiger partial charge in [-0.3, -0.25) is 0 Å². The molecule has 0 unspecified atom stereocenters. The van der Waals surface area contributed by atoms with Crippen LogP contribution in [0.1, 0.15) is 0 Å². The standard InChI is InChI=1S/C15H7Cl3F2N2S/c16-9-5-11(18)13(20)4-8(9)14-6-23-15(22-14)21-7-1-2-12(19)10(17)3-7/h1-6H,(H,21,22). The van der Waals surface area contributed by atoms with Crippen molar-refractivity contribution in [2.45, 2.75) is 0 Å². The maximum Gasteiger partial charge on any atom is 0.187 e. The Labute approximate surface area is 149 Å². The number of benzene rings is 2. The van der Waals surface area contributed by atoms with Gasteiger partial charge in [0.1, 0.15) is 11.6 Å². The van der Waals surface area contributed by atoms with Gasteiger partial charge in [-0.2, -0.15) is 0 Å². The molecule has 2 nitrogen and oxygen atoms in total. The van der Waals surface area contributed by atoms with E-state index in [0.29, 0.717) is 27.1 Å². The Morgan fingerprint density at radius 2 is 1.65 bits per heavy atom. The van der Waals surface area contributed by atoms with Gasteiger partial charge < -0.3 is 5.32 Å². The maximum atomic E-state index is 13.6. The van der Waals surface area contributed by atoms with E-state index in [1.807, 2.05) is 0 Å². The van der Waals surface area contributed by atoms with Crippen LogP contribution in [-0.2, 0) is 0 Å². The lowest BCUT2D eigenvalue weighted by Crippen LogP contribution is -1.91. The van der Waals surface area contributed by atoms with Gasteiger partial charge in [-0.1, -0.05) is 34.8 Å². The first kappa shape index (κ1) is 16.5. The predicted molar refractivity (Wildman–Crippen MR) is 92.2 cm³/mol. The summed E-state index contributed by atoms with van der Waals surface area (Å²) in [5.41, 5.74) is 1.53. The summed E-state index contributed by atoms with van der Waals surface area (Å²) < 4.78 is 26.7. The summed E-state index contributed by atoms with van der Waals surface area (Å²) in [5.74, 6) is -1.07. The Balaban J connectivity index is 1.88. The van der Waals surface area contributed by atoms with Gasteiger partial charge in [-0.15, -0.1) is 11.3 Å². The number of aromatic nitrogens is 1. The first-order valence-electron chi connectivity index (χ1n) is 6.26. The Kier molecular flexibility index (Phi) is 4.73. The monoisotopic (exact) mass is 390 g/mol. The molecule has 0 bridgehead atoms. The molecule has 0 radical (unpaired) electrons. The topological polar surface area (TPSA) is 24.9 Å². The van der Waals surface area contributed by atoms with Gasteiger partial charge in [-0.05, 0) is 30.3 Å². The van der Waals surface area contributed by atoms with E-state index in [1.54, 1.807) is 5.38 Å². The summed E-state index contributed by atoms with van der Waals surface area (Å²) in [4.78, 5) is 4.34. The molecule has 0 aliphatic heterocycles. The summed E-state index contributed by atoms with van der Waals surface area (Å²) in [6.45, 7) is 0. The molecule has 0 amide bonds. The quantitative estimate of drug-likeness (QED) is 0.497. The molecule has 2 aromatic carbocycles. The number of hydrogen-bond donors (Lipinski definition) is 1. The lowest BCUT2D eigenvalue weighted by molar-refractivity contribution is 0.628. The van der Waals surface area contributed by atoms with Crippen molar-refractivity contribution in [3.05, 3.63) is 62.4 Å². The minimum atomic E-state index is -0.570. The number of hydrogen-bond acceptors (Lipinski definition) is 3. The Morgan fingerprint density at radius 3 is 2.39 bits per heavy atom. The fourth-order valence-corrected chi connectivity index (χ4v) is 3.26. The summed E-state index contributed by atoms with van der Waals surface area (Å²) in [6, 6.07) is 6.81. The fourth-order valence-electron chi connectivity index (χ4n) is 1.87. The van der Waals surface area contributed by atoms with Crippen LogP contribution in [0.3, 0.4) is 0 Å². The molecule has 8 heteroatoms. The average molecular weight is 392 g/mol. The third-order valence-corrected chi connectivity index (χ3v) is 4.61. The van der Waals surface area contributed by atoms with E-state index in [4.69, 9.17) is 34.8 Å². The number of halogens is 5. The second-order valence-corrected chi connectivity index (χ2v) is 6.62. The Hall–Kier alpha value is -1.40. The molecule has 1 heterocycles. The third kappa shape index (κ3) is 3.58. The zero-order chi connectivity index (χ0) is 16.6. The molecule has 0 saturated carbocycles. The molecule has 0 aliphatic carbocycles. The molecular formula is C15H7Cl3F2N2S. The zero-order valence-corrected chi connectivity index (χ0v) is 14.3. The van der Waals surface area contributed by atoms with Crippen molar-refractivity contribution in [2.24, 2.45) is 0 Å². The maximum absolute atomic E-state index is 13.6. The highest BCUT2D eigenvalue weighted by Gasteiger charge is 2.12.